The predicted molar refractivity (Wildman–Crippen MR) is 507 cm³/mol. The van der Waals surface area contributed by atoms with Gasteiger partial charge in [0.1, 0.15) is 29.8 Å². The summed E-state index contributed by atoms with van der Waals surface area (Å²) in [7, 11) is 2.78. The Kier molecular flexibility index (Phi) is 32.7. The Balaban J connectivity index is 0.000000174. The number of pyridine rings is 2. The first-order chi connectivity index (χ1) is 57.8. The van der Waals surface area contributed by atoms with Crippen LogP contribution >= 0.6 is 58.1 Å². The number of anilines is 9. The molecule has 4 saturated heterocycles. The summed E-state index contributed by atoms with van der Waals surface area (Å²) >= 11 is 13.0. The number of methoxy groups -OCH3 is 2. The summed E-state index contributed by atoms with van der Waals surface area (Å²) in [5.41, 5.74) is 23.2. The van der Waals surface area contributed by atoms with Gasteiger partial charge in [0.15, 0.2) is 13.3 Å². The van der Waals surface area contributed by atoms with Crippen molar-refractivity contribution in [3.63, 3.8) is 0 Å². The van der Waals surface area contributed by atoms with Crippen LogP contribution in [0.3, 0.4) is 0 Å². The fourth-order valence-electron chi connectivity index (χ4n) is 15.7. The predicted octanol–water partition coefficient (Wildman–Crippen LogP) is 16.4. The molecule has 15 rings (SSSR count). The van der Waals surface area contributed by atoms with Gasteiger partial charge in [0.25, 0.3) is 10.1 Å². The van der Waals surface area contributed by atoms with Crippen molar-refractivity contribution in [2.24, 2.45) is 14.1 Å². The monoisotopic (exact) mass is 1850 g/mol. The Hall–Kier alpha value is -8.38. The van der Waals surface area contributed by atoms with Gasteiger partial charge in [-0.25, -0.2) is 14.9 Å². The number of unbranched alkanes of at least 4 members (excludes halogenated alkanes) is 1. The largest absolute Gasteiger partial charge is 0.495 e. The van der Waals surface area contributed by atoms with Gasteiger partial charge in [0, 0.05) is 188 Å². The van der Waals surface area contributed by atoms with Gasteiger partial charge in [0.2, 0.25) is 11.2 Å². The van der Waals surface area contributed by atoms with Crippen LogP contribution in [0.2, 0.25) is 5.28 Å². The third-order valence-electron chi connectivity index (χ3n) is 22.6. The SMILES string of the molecule is CCCCO.CCc1cc(N)c(OC)cc1N1CCC(N2CCN(C)CC2)CC1.CCc1cc(Nc2ncc(Br)c(Nc3ccc(-c4cn(C)c5cccnc45)cc3[P+](C)(C)O)n2)c(OC)cc1N1CCC(N2CCN(C)CC2)CC1.Cc1ccc(S(=O)(=O)O)cc1.Cn1cc(-c2ccc(Nc3nc(Cl)ncc3Br)c(P(C)(C)=O)c2)c2ncccc21. The number of ether oxygens (including phenoxy) is 2. The molecule has 5 aromatic carbocycles. The first-order valence-electron chi connectivity index (χ1n) is 41.2. The van der Waals surface area contributed by atoms with Gasteiger partial charge in [0.05, 0.1) is 86.2 Å². The topological polar surface area (TPSA) is 299 Å². The Morgan fingerprint density at radius 2 is 1.08 bits per heavy atom. The maximum Gasteiger partial charge on any atom is 0.294 e. The number of hydrogen-bond donors (Lipinski definition) is 7. The molecule has 0 amide bonds. The molecule has 0 bridgehead atoms. The Morgan fingerprint density at radius 3 is 1.55 bits per heavy atom. The van der Waals surface area contributed by atoms with Crippen molar-refractivity contribution in [2.75, 3.05) is 172 Å². The maximum atomic E-state index is 13.1. The van der Waals surface area contributed by atoms with Crippen LogP contribution < -0.4 is 51.6 Å². The molecule has 10 heterocycles. The highest BCUT2D eigenvalue weighted by Gasteiger charge is 2.33. The molecule has 0 spiro atoms. The van der Waals surface area contributed by atoms with Crippen LogP contribution in [0.4, 0.5) is 51.7 Å². The third kappa shape index (κ3) is 24.2. The highest BCUT2D eigenvalue weighted by Crippen LogP contribution is 2.49. The van der Waals surface area contributed by atoms with E-state index in [0.717, 1.165) is 160 Å². The number of aryl methyl sites for hydroxylation is 5. The zero-order chi connectivity index (χ0) is 87.0. The summed E-state index contributed by atoms with van der Waals surface area (Å²) in [5, 5.41) is 19.9. The Bertz CT molecular complexity index is 5490. The molecule has 32 heteroatoms. The van der Waals surface area contributed by atoms with Gasteiger partial charge in [-0.3, -0.25) is 24.3 Å². The van der Waals surface area contributed by atoms with E-state index >= 15 is 0 Å². The minimum atomic E-state index is -4.02. The number of likely N-dealkylation sites (N-methyl/N-ethyl adjacent to an activating group) is 2. The van der Waals surface area contributed by atoms with E-state index in [9.17, 15) is 17.9 Å². The van der Waals surface area contributed by atoms with Gasteiger partial charge in [-0.1, -0.05) is 57.0 Å². The molecular weight excluding hydrogens is 1740 g/mol. The number of aromatic nitrogens is 8. The van der Waals surface area contributed by atoms with E-state index in [0.29, 0.717) is 44.9 Å². The number of nitrogen functional groups attached to an aromatic ring is 1. The average Bonchev–Trinajstić information content (AvgIpc) is 1.65. The molecule has 121 heavy (non-hydrogen) atoms. The van der Waals surface area contributed by atoms with Gasteiger partial charge in [-0.2, -0.15) is 18.4 Å². The Morgan fingerprint density at radius 1 is 0.603 bits per heavy atom. The lowest BCUT2D eigenvalue weighted by Crippen LogP contribution is -2.52. The highest BCUT2D eigenvalue weighted by molar-refractivity contribution is 9.11. The van der Waals surface area contributed by atoms with E-state index in [-0.39, 0.29) is 10.2 Å². The normalized spacial score (nSPS) is 15.5. The quantitative estimate of drug-likeness (QED) is 0.0152. The van der Waals surface area contributed by atoms with E-state index in [1.165, 1.54) is 99.6 Å². The lowest BCUT2D eigenvalue weighted by molar-refractivity contribution is 0.0982. The van der Waals surface area contributed by atoms with E-state index in [1.54, 1.807) is 58.3 Å². The van der Waals surface area contributed by atoms with Gasteiger partial charge in [-0.05, 0) is 218 Å². The molecule has 11 aromatic rings. The summed E-state index contributed by atoms with van der Waals surface area (Å²) in [6.45, 7) is 29.8. The molecular formula is C89H118Br2ClN18O8P2S+. The number of aliphatic hydroxyl groups excluding tert-OH is 1. The standard InChI is InChI=1S/C39H50BrN9O2P.C20H18BrClN5OP.C19H32N4O.C7H8O3S.C4H10O/c1-7-26-21-32(35(51-4)23-34(26)49-15-12-28(13-16-49)48-19-17-46(2)18-20-48)44-39-42-24-30(40)38(45-39)43-31-11-10-27(22-36(31)52(5,6)50)29-25-47(3)33-9-8-14-41-37(29)33;1-27-11-13(18-16(27)5-4-8-23-18)12-6-7-15(17(9-12)29(2,3)28)25-19-14(21)10-24-20(22)26-19;1-4-15-13-17(20)19(24-3)14-18(15)23-7-5-16(6-8-23)22-11-9-21(2)10-12-22;1-6-2-4-7(5-3-6)11(8,9)10;1-2-3-4-5/h8-11,14,21-25,28,50H,7,12-13,15-20H2,1-6H3,(H2,42,43,44,45);4-11H,1-3H3,(H,24,25,26);13-14,16H,4-12,20H2,1-3H3;2-5H,1H3,(H,8,9,10);5H,2-4H2,1H3/q+1;;;;. The van der Waals surface area contributed by atoms with Crippen LogP contribution in [0.1, 0.15) is 76.0 Å². The zero-order valence-corrected chi connectivity index (χ0v) is 78.6. The van der Waals surface area contributed by atoms with Crippen LogP contribution in [-0.2, 0) is 41.6 Å². The lowest BCUT2D eigenvalue weighted by Gasteiger charge is -2.43. The van der Waals surface area contributed by atoms with Crippen molar-refractivity contribution in [2.45, 2.75) is 96.0 Å². The lowest BCUT2D eigenvalue weighted by atomic mass is 9.99. The molecule has 4 aliphatic rings. The van der Waals surface area contributed by atoms with Crippen molar-refractivity contribution in [1.29, 1.82) is 0 Å². The number of piperidine rings is 2. The van der Waals surface area contributed by atoms with Crippen LogP contribution in [0.15, 0.2) is 160 Å². The third-order valence-corrected chi connectivity index (χ3v) is 27.9. The number of aliphatic hydroxyl groups is 1. The molecule has 648 valence electrons. The van der Waals surface area contributed by atoms with E-state index in [1.807, 2.05) is 93.8 Å². The summed E-state index contributed by atoms with van der Waals surface area (Å²) in [6.07, 6.45) is 19.8. The molecule has 4 aliphatic heterocycles. The summed E-state index contributed by atoms with van der Waals surface area (Å²) < 4.78 is 59.5. The fraction of sp³-hybridized carbons (Fsp3) is 0.416. The number of hydrogen-bond acceptors (Lipinski definition) is 23. The number of nitrogens with one attached hydrogen (secondary N) is 3. The van der Waals surface area contributed by atoms with Crippen molar-refractivity contribution < 1.29 is 37.0 Å². The number of nitrogens with two attached hydrogens (primary N) is 1. The first-order valence-corrected chi connectivity index (χ1v) is 49.8. The second-order valence-electron chi connectivity index (χ2n) is 32.0. The molecule has 0 atom stereocenters. The van der Waals surface area contributed by atoms with Crippen LogP contribution in [0, 0.1) is 6.92 Å². The van der Waals surface area contributed by atoms with Crippen LogP contribution in [-0.4, -0.2) is 234 Å². The van der Waals surface area contributed by atoms with Crippen molar-refractivity contribution in [3.8, 4) is 33.8 Å². The zero-order valence-electron chi connectivity index (χ0n) is 72.0. The minimum Gasteiger partial charge on any atom is -0.495 e. The number of piperazine rings is 2. The maximum absolute atomic E-state index is 13.1. The van der Waals surface area contributed by atoms with Crippen molar-refractivity contribution in [1.82, 2.24) is 58.6 Å². The summed E-state index contributed by atoms with van der Waals surface area (Å²) in [5.74, 6) is 3.08. The van der Waals surface area contributed by atoms with E-state index in [2.05, 4.69) is 190 Å². The number of nitrogens with zero attached hydrogens (tertiary/aromatic N) is 14. The van der Waals surface area contributed by atoms with Crippen molar-refractivity contribution in [3.05, 3.63) is 177 Å². The van der Waals surface area contributed by atoms with Gasteiger partial charge in [-0.15, -0.1) is 0 Å². The highest BCUT2D eigenvalue weighted by atomic mass is 79.9. The minimum absolute atomic E-state index is 0.0666. The first kappa shape index (κ1) is 93.3. The smallest absolute Gasteiger partial charge is 0.294 e. The molecule has 0 radical (unpaired) electrons. The summed E-state index contributed by atoms with van der Waals surface area (Å²) in [6, 6.07) is 35.9. The average molecular weight is 1860 g/mol. The number of benzene rings is 5. The van der Waals surface area contributed by atoms with Crippen molar-refractivity contribution >= 4 is 153 Å². The van der Waals surface area contributed by atoms with Crippen LogP contribution in [0.25, 0.3) is 44.3 Å². The number of fused-ring (bicyclic) bond motifs is 2. The molecule has 6 aromatic heterocycles. The molecule has 8 N–H and O–H groups in total. The molecule has 0 saturated carbocycles. The second kappa shape index (κ2) is 42.3. The van der Waals surface area contributed by atoms with E-state index in [4.69, 9.17) is 41.5 Å². The number of halogens is 3. The Labute approximate surface area is 735 Å². The second-order valence-corrected chi connectivity index (χ2v) is 41.9. The van der Waals surface area contributed by atoms with E-state index < -0.39 is 24.7 Å². The fourth-order valence-corrected chi connectivity index (χ4v) is 19.2. The van der Waals surface area contributed by atoms with Crippen LogP contribution in [0.5, 0.6) is 11.5 Å². The molecule has 4 fully saturated rings. The van der Waals surface area contributed by atoms with Gasteiger partial charge < -0.3 is 69.6 Å². The molecule has 0 aliphatic carbocycles. The number of rotatable bonds is 21. The molecule has 26 nitrogen and oxygen atoms in total. The summed E-state index contributed by atoms with van der Waals surface area (Å²) in [4.78, 5) is 53.5. The molecule has 0 unspecified atom stereocenters. The van der Waals surface area contributed by atoms with Gasteiger partial charge >= 0.3 is 0 Å².